The van der Waals surface area contributed by atoms with E-state index in [1.54, 1.807) is 0 Å². The Kier molecular flexibility index (Phi) is 2.70. The molecule has 1 aromatic rings. The van der Waals surface area contributed by atoms with Gasteiger partial charge in [-0.15, -0.1) is 22.6 Å². The van der Waals surface area contributed by atoms with E-state index >= 15 is 0 Å². The van der Waals surface area contributed by atoms with Crippen molar-refractivity contribution in [1.82, 2.24) is 20.1 Å². The van der Waals surface area contributed by atoms with Gasteiger partial charge in [-0.2, -0.15) is 0 Å². The van der Waals surface area contributed by atoms with Crippen molar-refractivity contribution < 1.29 is 0 Å². The summed E-state index contributed by atoms with van der Waals surface area (Å²) in [5, 5.41) is 11.3. The SMILES string of the molecule is Cl.Clc1nnc2n1CCNC2. The van der Waals surface area contributed by atoms with Crippen LogP contribution in [0.1, 0.15) is 5.82 Å². The number of rotatable bonds is 0. The van der Waals surface area contributed by atoms with Gasteiger partial charge in [0.25, 0.3) is 0 Å². The Morgan fingerprint density at radius 2 is 2.27 bits per heavy atom. The van der Waals surface area contributed by atoms with Gasteiger partial charge in [-0.25, -0.2) is 0 Å². The zero-order chi connectivity index (χ0) is 6.97. The Morgan fingerprint density at radius 1 is 1.45 bits per heavy atom. The normalized spacial score (nSPS) is 15.4. The lowest BCUT2D eigenvalue weighted by molar-refractivity contribution is 0.506. The molecule has 6 heteroatoms. The minimum Gasteiger partial charge on any atom is -0.308 e. The van der Waals surface area contributed by atoms with E-state index in [0.29, 0.717) is 5.28 Å². The Hall–Kier alpha value is -0.320. The molecule has 1 N–H and O–H groups in total. The average Bonchev–Trinajstić information content (AvgIpc) is 2.34. The highest BCUT2D eigenvalue weighted by Crippen LogP contribution is 2.09. The fourth-order valence-corrected chi connectivity index (χ4v) is 1.28. The molecule has 0 bridgehead atoms. The lowest BCUT2D eigenvalue weighted by Crippen LogP contribution is -2.28. The molecule has 62 valence electrons. The van der Waals surface area contributed by atoms with E-state index in [0.717, 1.165) is 25.5 Å². The van der Waals surface area contributed by atoms with Crippen molar-refractivity contribution in [2.45, 2.75) is 13.1 Å². The standard InChI is InChI=1S/C5H7ClN4.ClH/c6-5-9-8-4-3-7-1-2-10(4)5;/h7H,1-3H2;1H. The summed E-state index contributed by atoms with van der Waals surface area (Å²) < 4.78 is 1.91. The number of halogens is 2. The average molecular weight is 195 g/mol. The monoisotopic (exact) mass is 194 g/mol. The maximum Gasteiger partial charge on any atom is 0.225 e. The van der Waals surface area contributed by atoms with Crippen molar-refractivity contribution in [1.29, 1.82) is 0 Å². The number of hydrogen-bond donors (Lipinski definition) is 1. The number of fused-ring (bicyclic) bond motifs is 1. The molecule has 2 rings (SSSR count). The van der Waals surface area contributed by atoms with E-state index in [4.69, 9.17) is 11.6 Å². The van der Waals surface area contributed by atoms with Gasteiger partial charge in [0.1, 0.15) is 5.82 Å². The molecule has 1 aromatic heterocycles. The van der Waals surface area contributed by atoms with E-state index < -0.39 is 0 Å². The molecule has 0 saturated heterocycles. The summed E-state index contributed by atoms with van der Waals surface area (Å²) in [5.41, 5.74) is 0. The Bertz CT molecular complexity index is 247. The van der Waals surface area contributed by atoms with Crippen LogP contribution in [0.3, 0.4) is 0 Å². The van der Waals surface area contributed by atoms with Gasteiger partial charge in [-0.3, -0.25) is 4.57 Å². The molecule has 4 nitrogen and oxygen atoms in total. The van der Waals surface area contributed by atoms with Gasteiger partial charge in [0.05, 0.1) is 6.54 Å². The molecular formula is C5H8Cl2N4. The molecule has 0 fully saturated rings. The Morgan fingerprint density at radius 3 is 3.00 bits per heavy atom. The van der Waals surface area contributed by atoms with Gasteiger partial charge < -0.3 is 5.32 Å². The van der Waals surface area contributed by atoms with Crippen LogP contribution in [0.2, 0.25) is 5.28 Å². The first-order valence-electron chi connectivity index (χ1n) is 3.16. The Balaban J connectivity index is 0.000000605. The van der Waals surface area contributed by atoms with E-state index in [-0.39, 0.29) is 12.4 Å². The minimum absolute atomic E-state index is 0. The van der Waals surface area contributed by atoms with Crippen molar-refractivity contribution in [3.63, 3.8) is 0 Å². The summed E-state index contributed by atoms with van der Waals surface area (Å²) in [6, 6.07) is 0. The van der Waals surface area contributed by atoms with E-state index in [1.165, 1.54) is 0 Å². The zero-order valence-corrected chi connectivity index (χ0v) is 7.32. The third-order valence-corrected chi connectivity index (χ3v) is 1.86. The van der Waals surface area contributed by atoms with Crippen molar-refractivity contribution in [3.05, 3.63) is 11.1 Å². The smallest absolute Gasteiger partial charge is 0.225 e. The highest BCUT2D eigenvalue weighted by Gasteiger charge is 2.12. The summed E-state index contributed by atoms with van der Waals surface area (Å²) in [4.78, 5) is 0. The molecule has 1 aliphatic heterocycles. The summed E-state index contributed by atoms with van der Waals surface area (Å²) in [7, 11) is 0. The predicted octanol–water partition coefficient (Wildman–Crippen LogP) is 0.456. The van der Waals surface area contributed by atoms with Crippen LogP contribution < -0.4 is 5.32 Å². The first-order valence-corrected chi connectivity index (χ1v) is 3.54. The molecule has 2 heterocycles. The predicted molar refractivity (Wildman–Crippen MR) is 44.0 cm³/mol. The van der Waals surface area contributed by atoms with Gasteiger partial charge in [0, 0.05) is 13.1 Å². The Labute approximate surface area is 75.4 Å². The van der Waals surface area contributed by atoms with Crippen molar-refractivity contribution in [2.24, 2.45) is 0 Å². The first-order chi connectivity index (χ1) is 4.88. The molecule has 0 atom stereocenters. The van der Waals surface area contributed by atoms with E-state index in [1.807, 2.05) is 4.57 Å². The summed E-state index contributed by atoms with van der Waals surface area (Å²) in [6.07, 6.45) is 0. The molecule has 1 aliphatic rings. The highest BCUT2D eigenvalue weighted by atomic mass is 35.5. The maximum absolute atomic E-state index is 5.72. The maximum atomic E-state index is 5.72. The van der Waals surface area contributed by atoms with Gasteiger partial charge in [0.15, 0.2) is 0 Å². The van der Waals surface area contributed by atoms with Gasteiger partial charge in [-0.1, -0.05) is 0 Å². The second kappa shape index (κ2) is 3.38. The van der Waals surface area contributed by atoms with Crippen LogP contribution in [0.15, 0.2) is 0 Å². The third kappa shape index (κ3) is 1.47. The first kappa shape index (κ1) is 8.77. The van der Waals surface area contributed by atoms with Crippen LogP contribution in [-0.2, 0) is 13.1 Å². The van der Waals surface area contributed by atoms with Crippen LogP contribution in [0.25, 0.3) is 0 Å². The molecule has 0 radical (unpaired) electrons. The van der Waals surface area contributed by atoms with Crippen LogP contribution in [0.5, 0.6) is 0 Å². The fourth-order valence-electron chi connectivity index (χ4n) is 1.06. The lowest BCUT2D eigenvalue weighted by Gasteiger charge is -2.13. The van der Waals surface area contributed by atoms with Crippen LogP contribution >= 0.6 is 24.0 Å². The van der Waals surface area contributed by atoms with Crippen molar-refractivity contribution in [2.75, 3.05) is 6.54 Å². The van der Waals surface area contributed by atoms with Crippen LogP contribution in [-0.4, -0.2) is 21.3 Å². The quantitative estimate of drug-likeness (QED) is 0.653. The zero-order valence-electron chi connectivity index (χ0n) is 5.75. The summed E-state index contributed by atoms with van der Waals surface area (Å²) >= 11 is 5.72. The number of aromatic nitrogens is 3. The van der Waals surface area contributed by atoms with E-state index in [2.05, 4.69) is 15.5 Å². The van der Waals surface area contributed by atoms with Crippen LogP contribution in [0, 0.1) is 0 Å². The molecule has 0 saturated carbocycles. The van der Waals surface area contributed by atoms with Gasteiger partial charge in [-0.05, 0) is 11.6 Å². The third-order valence-electron chi connectivity index (χ3n) is 1.58. The topological polar surface area (TPSA) is 42.7 Å². The van der Waals surface area contributed by atoms with Gasteiger partial charge in [0.2, 0.25) is 5.28 Å². The number of nitrogens with one attached hydrogen (secondary N) is 1. The number of hydrogen-bond acceptors (Lipinski definition) is 3. The molecule has 0 spiro atoms. The fraction of sp³-hybridized carbons (Fsp3) is 0.600. The molecular weight excluding hydrogens is 187 g/mol. The molecule has 0 unspecified atom stereocenters. The molecule has 0 amide bonds. The molecule has 0 aromatic carbocycles. The number of nitrogens with zero attached hydrogens (tertiary/aromatic N) is 3. The van der Waals surface area contributed by atoms with E-state index in [9.17, 15) is 0 Å². The lowest BCUT2D eigenvalue weighted by atomic mass is 10.4. The molecule has 0 aliphatic carbocycles. The highest BCUT2D eigenvalue weighted by molar-refractivity contribution is 6.28. The van der Waals surface area contributed by atoms with Crippen molar-refractivity contribution >= 4 is 24.0 Å². The second-order valence-electron chi connectivity index (χ2n) is 2.21. The summed E-state index contributed by atoms with van der Waals surface area (Å²) in [5.74, 6) is 0.927. The van der Waals surface area contributed by atoms with Gasteiger partial charge >= 0.3 is 0 Å². The largest absolute Gasteiger partial charge is 0.308 e. The summed E-state index contributed by atoms with van der Waals surface area (Å²) in [6.45, 7) is 2.60. The van der Waals surface area contributed by atoms with Crippen LogP contribution in [0.4, 0.5) is 0 Å². The second-order valence-corrected chi connectivity index (χ2v) is 2.55. The molecule has 11 heavy (non-hydrogen) atoms. The van der Waals surface area contributed by atoms with Crippen molar-refractivity contribution in [3.8, 4) is 0 Å². The minimum atomic E-state index is 0.